The molecule has 0 aliphatic carbocycles. The molecule has 4 rings (SSSR count). The van der Waals surface area contributed by atoms with E-state index in [1.54, 1.807) is 24.3 Å². The average molecular weight is 349 g/mol. The van der Waals surface area contributed by atoms with Crippen LogP contribution in [0.25, 0.3) is 21.0 Å². The third kappa shape index (κ3) is 2.70. The Balaban J connectivity index is 1.87. The van der Waals surface area contributed by atoms with Gasteiger partial charge in [-0.15, -0.1) is 10.2 Å². The normalized spacial score (nSPS) is 11.5. The number of phenols is 1. The molecule has 2 N–H and O–H groups in total. The van der Waals surface area contributed by atoms with Gasteiger partial charge in [0, 0.05) is 5.39 Å². The second-order valence-corrected chi connectivity index (χ2v) is 6.32. The quantitative estimate of drug-likeness (QED) is 0.493. The van der Waals surface area contributed by atoms with Crippen molar-refractivity contribution in [2.45, 2.75) is 0 Å². The number of aromatic nitrogens is 1. The summed E-state index contributed by atoms with van der Waals surface area (Å²) >= 11 is 1.37. The van der Waals surface area contributed by atoms with Crippen LogP contribution in [0.1, 0.15) is 10.4 Å². The molecule has 122 valence electrons. The number of benzene rings is 3. The van der Waals surface area contributed by atoms with Crippen LogP contribution < -0.4 is 0 Å². The highest BCUT2D eigenvalue weighted by Crippen LogP contribution is 2.39. The molecule has 6 nitrogen and oxygen atoms in total. The van der Waals surface area contributed by atoms with Gasteiger partial charge in [-0.3, -0.25) is 0 Å². The van der Waals surface area contributed by atoms with E-state index in [1.807, 2.05) is 24.3 Å². The minimum atomic E-state index is -1.22. The van der Waals surface area contributed by atoms with Crippen molar-refractivity contribution < 1.29 is 15.0 Å². The van der Waals surface area contributed by atoms with Gasteiger partial charge in [-0.2, -0.15) is 0 Å². The van der Waals surface area contributed by atoms with Crippen LogP contribution >= 0.6 is 11.3 Å². The Labute approximate surface area is 145 Å². The van der Waals surface area contributed by atoms with E-state index in [0.717, 1.165) is 10.2 Å². The van der Waals surface area contributed by atoms with Crippen molar-refractivity contribution in [3.63, 3.8) is 0 Å². The van der Waals surface area contributed by atoms with Gasteiger partial charge in [-0.25, -0.2) is 9.78 Å². The monoisotopic (exact) mass is 349 g/mol. The number of hydrogen-bond acceptors (Lipinski definition) is 6. The number of hydrogen-bond donors (Lipinski definition) is 2. The SMILES string of the molecule is O=C(O)c1cc2ccccc2c(N=Nc2nc3ccccc3s2)c1O. The summed E-state index contributed by atoms with van der Waals surface area (Å²) in [4.78, 5) is 15.7. The number of azo groups is 1. The number of aromatic carboxylic acids is 1. The lowest BCUT2D eigenvalue weighted by molar-refractivity contribution is 0.0694. The molecular formula is C18H11N3O3S. The highest BCUT2D eigenvalue weighted by Gasteiger charge is 2.17. The summed E-state index contributed by atoms with van der Waals surface area (Å²) in [6.45, 7) is 0. The van der Waals surface area contributed by atoms with E-state index in [1.165, 1.54) is 17.4 Å². The third-order valence-electron chi connectivity index (χ3n) is 3.74. The molecule has 0 saturated carbocycles. The number of thiazole rings is 1. The van der Waals surface area contributed by atoms with Crippen LogP contribution in [0, 0.1) is 0 Å². The minimum absolute atomic E-state index is 0.120. The fraction of sp³-hybridized carbons (Fsp3) is 0. The summed E-state index contributed by atoms with van der Waals surface area (Å²) < 4.78 is 0.977. The Morgan fingerprint density at radius 3 is 2.60 bits per heavy atom. The van der Waals surface area contributed by atoms with Crippen LogP contribution in [-0.2, 0) is 0 Å². The first-order valence-corrected chi connectivity index (χ1v) is 8.20. The summed E-state index contributed by atoms with van der Waals surface area (Å²) in [6, 6.07) is 16.1. The average Bonchev–Trinajstić information content (AvgIpc) is 3.03. The molecule has 7 heteroatoms. The number of fused-ring (bicyclic) bond motifs is 2. The van der Waals surface area contributed by atoms with Gasteiger partial charge in [0.1, 0.15) is 11.3 Å². The van der Waals surface area contributed by atoms with Gasteiger partial charge in [0.15, 0.2) is 5.75 Å². The van der Waals surface area contributed by atoms with Gasteiger partial charge >= 0.3 is 5.97 Å². The van der Waals surface area contributed by atoms with Crippen molar-refractivity contribution in [1.82, 2.24) is 4.98 Å². The van der Waals surface area contributed by atoms with E-state index < -0.39 is 11.7 Å². The number of carbonyl (C=O) groups is 1. The van der Waals surface area contributed by atoms with Gasteiger partial charge in [-0.1, -0.05) is 47.7 Å². The Hall–Kier alpha value is -3.32. The van der Waals surface area contributed by atoms with Crippen molar-refractivity contribution in [3.8, 4) is 5.75 Å². The zero-order valence-corrected chi connectivity index (χ0v) is 13.6. The lowest BCUT2D eigenvalue weighted by Crippen LogP contribution is -1.97. The predicted molar refractivity (Wildman–Crippen MR) is 96.4 cm³/mol. The molecule has 4 aromatic rings. The maximum Gasteiger partial charge on any atom is 0.339 e. The maximum atomic E-state index is 11.4. The van der Waals surface area contributed by atoms with Crippen LogP contribution in [0.3, 0.4) is 0 Å². The molecule has 1 aromatic heterocycles. The highest BCUT2D eigenvalue weighted by atomic mass is 32.1. The smallest absolute Gasteiger partial charge is 0.339 e. The molecule has 25 heavy (non-hydrogen) atoms. The third-order valence-corrected chi connectivity index (χ3v) is 4.66. The molecule has 0 aliphatic heterocycles. The van der Waals surface area contributed by atoms with E-state index in [-0.39, 0.29) is 11.3 Å². The van der Waals surface area contributed by atoms with Crippen LogP contribution in [0.4, 0.5) is 10.8 Å². The summed E-state index contributed by atoms with van der Waals surface area (Å²) in [5.74, 6) is -1.63. The number of para-hydroxylation sites is 1. The molecule has 0 amide bonds. The van der Waals surface area contributed by atoms with E-state index >= 15 is 0 Å². The number of rotatable bonds is 3. The first-order chi connectivity index (χ1) is 12.1. The zero-order chi connectivity index (χ0) is 17.4. The Morgan fingerprint density at radius 2 is 1.80 bits per heavy atom. The number of carboxylic acids is 1. The number of carboxylic acid groups (broad SMARTS) is 1. The van der Waals surface area contributed by atoms with Gasteiger partial charge in [0.05, 0.1) is 10.2 Å². The van der Waals surface area contributed by atoms with Crippen LogP contribution in [0.15, 0.2) is 64.8 Å². The van der Waals surface area contributed by atoms with E-state index in [2.05, 4.69) is 15.2 Å². The van der Waals surface area contributed by atoms with Crippen molar-refractivity contribution in [3.05, 3.63) is 60.2 Å². The van der Waals surface area contributed by atoms with Gasteiger partial charge in [-0.05, 0) is 23.6 Å². The molecule has 0 radical (unpaired) electrons. The predicted octanol–water partition coefficient (Wildman–Crippen LogP) is 5.27. The summed E-state index contributed by atoms with van der Waals surface area (Å²) in [5, 5.41) is 29.5. The standard InChI is InChI=1S/C18H11N3O3S/c22-16-12(17(23)24)9-10-5-1-2-6-11(10)15(16)20-21-18-19-13-7-3-4-8-14(13)25-18/h1-9,22H,(H,23,24). The molecule has 0 spiro atoms. The molecule has 3 aromatic carbocycles. The second kappa shape index (κ2) is 5.95. The summed E-state index contributed by atoms with van der Waals surface area (Å²) in [5.41, 5.74) is 0.724. The van der Waals surface area contributed by atoms with Crippen LogP contribution in [-0.4, -0.2) is 21.2 Å². The molecule has 0 atom stereocenters. The zero-order valence-electron chi connectivity index (χ0n) is 12.7. The Morgan fingerprint density at radius 1 is 1.04 bits per heavy atom. The molecule has 0 fully saturated rings. The molecule has 0 aliphatic rings. The largest absolute Gasteiger partial charge is 0.505 e. The van der Waals surface area contributed by atoms with Crippen molar-refractivity contribution in [1.29, 1.82) is 0 Å². The molecule has 0 unspecified atom stereocenters. The fourth-order valence-corrected chi connectivity index (χ4v) is 3.36. The van der Waals surface area contributed by atoms with Crippen molar-refractivity contribution >= 4 is 49.1 Å². The first-order valence-electron chi connectivity index (χ1n) is 7.39. The molecular weight excluding hydrogens is 338 g/mol. The molecule has 0 bridgehead atoms. The molecule has 0 saturated heterocycles. The minimum Gasteiger partial charge on any atom is -0.505 e. The fourth-order valence-electron chi connectivity index (χ4n) is 2.58. The Kier molecular flexibility index (Phi) is 3.62. The summed E-state index contributed by atoms with van der Waals surface area (Å²) in [7, 11) is 0. The number of aromatic hydroxyl groups is 1. The van der Waals surface area contributed by atoms with Gasteiger partial charge in [0.2, 0.25) is 5.13 Å². The van der Waals surface area contributed by atoms with Crippen molar-refractivity contribution in [2.24, 2.45) is 10.2 Å². The van der Waals surface area contributed by atoms with Gasteiger partial charge in [0.25, 0.3) is 0 Å². The van der Waals surface area contributed by atoms with E-state index in [4.69, 9.17) is 0 Å². The van der Waals surface area contributed by atoms with E-state index in [0.29, 0.717) is 15.9 Å². The molecule has 1 heterocycles. The second-order valence-electron chi connectivity index (χ2n) is 5.31. The van der Waals surface area contributed by atoms with E-state index in [9.17, 15) is 15.0 Å². The maximum absolute atomic E-state index is 11.4. The Bertz CT molecular complexity index is 1120. The summed E-state index contributed by atoms with van der Waals surface area (Å²) in [6.07, 6.45) is 0. The topological polar surface area (TPSA) is 95.1 Å². The highest BCUT2D eigenvalue weighted by molar-refractivity contribution is 7.21. The van der Waals surface area contributed by atoms with Crippen molar-refractivity contribution in [2.75, 3.05) is 0 Å². The van der Waals surface area contributed by atoms with Crippen LogP contribution in [0.2, 0.25) is 0 Å². The lowest BCUT2D eigenvalue weighted by atomic mass is 10.0. The van der Waals surface area contributed by atoms with Crippen LogP contribution in [0.5, 0.6) is 5.75 Å². The van der Waals surface area contributed by atoms with Gasteiger partial charge < -0.3 is 10.2 Å². The number of nitrogens with zero attached hydrogens (tertiary/aromatic N) is 3. The lowest BCUT2D eigenvalue weighted by Gasteiger charge is -2.07. The first kappa shape index (κ1) is 15.2.